The van der Waals surface area contributed by atoms with Crippen LogP contribution in [0.3, 0.4) is 0 Å². The maximum Gasteiger partial charge on any atom is 0.278 e. The number of nitrogens with zero attached hydrogens (tertiary/aromatic N) is 1. The van der Waals surface area contributed by atoms with E-state index in [2.05, 4.69) is 0 Å². The van der Waals surface area contributed by atoms with Gasteiger partial charge in [-0.15, -0.1) is 0 Å². The summed E-state index contributed by atoms with van der Waals surface area (Å²) in [7, 11) is -4.11. The minimum Gasteiger partial charge on any atom is -0.483 e. The molecule has 1 amide bonds. The summed E-state index contributed by atoms with van der Waals surface area (Å²) < 4.78 is 33.4. The van der Waals surface area contributed by atoms with Crippen LogP contribution < -0.4 is 9.04 Å². The third-order valence-electron chi connectivity index (χ3n) is 4.95. The Kier molecular flexibility index (Phi) is 6.81. The summed E-state index contributed by atoms with van der Waals surface area (Å²) >= 11 is 0. The predicted molar refractivity (Wildman–Crippen MR) is 123 cm³/mol. The van der Waals surface area contributed by atoms with Crippen molar-refractivity contribution in [3.05, 3.63) is 89.5 Å². The van der Waals surface area contributed by atoms with E-state index in [0.29, 0.717) is 5.75 Å². The molecule has 6 heteroatoms. The van der Waals surface area contributed by atoms with Crippen LogP contribution in [0, 0.1) is 13.8 Å². The van der Waals surface area contributed by atoms with Crippen LogP contribution in [0.15, 0.2) is 77.7 Å². The molecule has 0 unspecified atom stereocenters. The van der Waals surface area contributed by atoms with Crippen molar-refractivity contribution >= 4 is 21.6 Å². The minimum atomic E-state index is -4.11. The molecule has 5 nitrogen and oxygen atoms in total. The average molecular weight is 438 g/mol. The number of hydrogen-bond acceptors (Lipinski definition) is 4. The quantitative estimate of drug-likeness (QED) is 0.508. The van der Waals surface area contributed by atoms with Gasteiger partial charge in [0.15, 0.2) is 6.61 Å². The zero-order chi connectivity index (χ0) is 22.6. The van der Waals surface area contributed by atoms with Crippen molar-refractivity contribution in [2.24, 2.45) is 0 Å². The third kappa shape index (κ3) is 5.14. The van der Waals surface area contributed by atoms with Crippen LogP contribution in [0.25, 0.3) is 0 Å². The van der Waals surface area contributed by atoms with Crippen molar-refractivity contribution in [2.45, 2.75) is 38.5 Å². The van der Waals surface area contributed by atoms with Crippen LogP contribution in [-0.4, -0.2) is 20.9 Å². The highest BCUT2D eigenvalue weighted by atomic mass is 32.2. The van der Waals surface area contributed by atoms with Gasteiger partial charge in [-0.05, 0) is 55.7 Å². The lowest BCUT2D eigenvalue weighted by Gasteiger charge is -2.23. The highest BCUT2D eigenvalue weighted by molar-refractivity contribution is 7.93. The number of carbonyl (C=O) groups excluding carboxylic acids is 1. The van der Waals surface area contributed by atoms with Gasteiger partial charge in [0, 0.05) is 0 Å². The standard InChI is InChI=1S/C25H27NO4S/c1-18(2)23-7-5-6-8-24(23)30-17-25(27)26(21-13-9-19(3)10-14-21)31(28,29)22-15-11-20(4)12-16-22/h5-16,18H,17H2,1-4H3. The molecule has 0 aliphatic heterocycles. The number of carbonyl (C=O) groups is 1. The second-order valence-corrected chi connectivity index (χ2v) is 9.58. The first-order valence-corrected chi connectivity index (χ1v) is 11.6. The van der Waals surface area contributed by atoms with E-state index in [1.807, 2.05) is 45.9 Å². The molecule has 0 saturated heterocycles. The largest absolute Gasteiger partial charge is 0.483 e. The van der Waals surface area contributed by atoms with Gasteiger partial charge in [0.25, 0.3) is 15.9 Å². The summed E-state index contributed by atoms with van der Waals surface area (Å²) in [6, 6.07) is 20.7. The molecular formula is C25H27NO4S. The smallest absolute Gasteiger partial charge is 0.278 e. The number of hydrogen-bond donors (Lipinski definition) is 0. The van der Waals surface area contributed by atoms with E-state index >= 15 is 0 Å². The number of aryl methyl sites for hydroxylation is 2. The van der Waals surface area contributed by atoms with E-state index in [4.69, 9.17) is 4.74 Å². The van der Waals surface area contributed by atoms with Gasteiger partial charge in [0.05, 0.1) is 10.6 Å². The van der Waals surface area contributed by atoms with Crippen molar-refractivity contribution in [1.29, 1.82) is 0 Å². The first kappa shape index (κ1) is 22.6. The van der Waals surface area contributed by atoms with E-state index in [1.165, 1.54) is 12.1 Å². The lowest BCUT2D eigenvalue weighted by atomic mass is 10.0. The monoisotopic (exact) mass is 437 g/mol. The second kappa shape index (κ2) is 9.35. The molecule has 3 rings (SSSR count). The van der Waals surface area contributed by atoms with Crippen LogP contribution in [-0.2, 0) is 14.8 Å². The summed E-state index contributed by atoms with van der Waals surface area (Å²) in [5, 5.41) is 0. The Bertz CT molecular complexity index is 1150. The molecule has 0 aromatic heterocycles. The molecule has 0 aliphatic carbocycles. The van der Waals surface area contributed by atoms with Crippen molar-refractivity contribution in [1.82, 2.24) is 0 Å². The van der Waals surface area contributed by atoms with Gasteiger partial charge < -0.3 is 4.74 Å². The fourth-order valence-corrected chi connectivity index (χ4v) is 4.61. The molecule has 0 fully saturated rings. The number of amides is 1. The third-order valence-corrected chi connectivity index (χ3v) is 6.71. The molecule has 0 atom stereocenters. The highest BCUT2D eigenvalue weighted by Gasteiger charge is 2.31. The summed E-state index contributed by atoms with van der Waals surface area (Å²) in [4.78, 5) is 13.2. The van der Waals surface area contributed by atoms with Gasteiger partial charge >= 0.3 is 0 Å². The van der Waals surface area contributed by atoms with Crippen molar-refractivity contribution in [3.63, 3.8) is 0 Å². The fraction of sp³-hybridized carbons (Fsp3) is 0.240. The predicted octanol–water partition coefficient (Wildman–Crippen LogP) is 5.23. The fourth-order valence-electron chi connectivity index (χ4n) is 3.20. The average Bonchev–Trinajstić information content (AvgIpc) is 2.74. The molecule has 0 N–H and O–H groups in total. The zero-order valence-electron chi connectivity index (χ0n) is 18.2. The topological polar surface area (TPSA) is 63.7 Å². The molecular weight excluding hydrogens is 410 g/mol. The van der Waals surface area contributed by atoms with Crippen molar-refractivity contribution < 1.29 is 17.9 Å². The van der Waals surface area contributed by atoms with Crippen LogP contribution in [0.5, 0.6) is 5.75 Å². The van der Waals surface area contributed by atoms with E-state index < -0.39 is 22.5 Å². The van der Waals surface area contributed by atoms with Crippen LogP contribution >= 0.6 is 0 Å². The van der Waals surface area contributed by atoms with Gasteiger partial charge in [0.2, 0.25) is 0 Å². The summed E-state index contributed by atoms with van der Waals surface area (Å²) in [6.07, 6.45) is 0. The number of sulfonamides is 1. The lowest BCUT2D eigenvalue weighted by molar-refractivity contribution is -0.119. The molecule has 0 saturated carbocycles. The minimum absolute atomic E-state index is 0.0506. The van der Waals surface area contributed by atoms with E-state index in [9.17, 15) is 13.2 Å². The molecule has 3 aromatic rings. The first-order chi connectivity index (χ1) is 14.7. The molecule has 0 spiro atoms. The lowest BCUT2D eigenvalue weighted by Crippen LogP contribution is -2.40. The van der Waals surface area contributed by atoms with Gasteiger partial charge in [-0.1, -0.05) is 67.4 Å². The molecule has 0 bridgehead atoms. The van der Waals surface area contributed by atoms with Crippen molar-refractivity contribution in [2.75, 3.05) is 10.9 Å². The molecule has 0 radical (unpaired) electrons. The van der Waals surface area contributed by atoms with E-state index in [-0.39, 0.29) is 16.5 Å². The highest BCUT2D eigenvalue weighted by Crippen LogP contribution is 2.28. The van der Waals surface area contributed by atoms with Crippen LogP contribution in [0.1, 0.15) is 36.5 Å². The number of anilines is 1. The zero-order valence-corrected chi connectivity index (χ0v) is 19.0. The maximum absolute atomic E-state index is 13.4. The van der Waals surface area contributed by atoms with Gasteiger partial charge in [0.1, 0.15) is 5.75 Å². The number of rotatable bonds is 7. The molecule has 0 aliphatic rings. The Balaban J connectivity index is 1.96. The maximum atomic E-state index is 13.4. The summed E-state index contributed by atoms with van der Waals surface area (Å²) in [5.41, 5.74) is 3.13. The number of benzene rings is 3. The van der Waals surface area contributed by atoms with Gasteiger partial charge in [-0.25, -0.2) is 8.42 Å². The number of para-hydroxylation sites is 1. The second-order valence-electron chi connectivity index (χ2n) is 7.79. The van der Waals surface area contributed by atoms with Crippen LogP contribution in [0.4, 0.5) is 5.69 Å². The summed E-state index contributed by atoms with van der Waals surface area (Å²) in [6.45, 7) is 7.44. The van der Waals surface area contributed by atoms with Crippen molar-refractivity contribution in [3.8, 4) is 5.75 Å². The summed E-state index contributed by atoms with van der Waals surface area (Å²) in [5.74, 6) is 0.112. The molecule has 0 heterocycles. The van der Waals surface area contributed by atoms with Gasteiger partial charge in [-0.3, -0.25) is 4.79 Å². The van der Waals surface area contributed by atoms with Crippen LogP contribution in [0.2, 0.25) is 0 Å². The Morgan fingerprint density at radius 3 is 2.00 bits per heavy atom. The molecule has 3 aromatic carbocycles. The molecule has 162 valence electrons. The molecule has 31 heavy (non-hydrogen) atoms. The Morgan fingerprint density at radius 2 is 1.42 bits per heavy atom. The Morgan fingerprint density at radius 1 is 0.871 bits per heavy atom. The Labute approximate surface area is 184 Å². The first-order valence-electron chi connectivity index (χ1n) is 10.1. The van der Waals surface area contributed by atoms with Gasteiger partial charge in [-0.2, -0.15) is 4.31 Å². The Hall–Kier alpha value is -3.12. The number of ether oxygens (including phenoxy) is 1. The SMILES string of the molecule is Cc1ccc(N(C(=O)COc2ccccc2C(C)C)S(=O)(=O)c2ccc(C)cc2)cc1. The van der Waals surface area contributed by atoms with E-state index in [0.717, 1.165) is 21.0 Å². The normalized spacial score (nSPS) is 11.4. The van der Waals surface area contributed by atoms with E-state index in [1.54, 1.807) is 42.5 Å².